The minimum Gasteiger partial charge on any atom is -0.326 e. The van der Waals surface area contributed by atoms with Crippen LogP contribution in [0.25, 0.3) is 0 Å². The van der Waals surface area contributed by atoms with Crippen molar-refractivity contribution in [2.24, 2.45) is 5.41 Å². The molecule has 17 heavy (non-hydrogen) atoms. The highest BCUT2D eigenvalue weighted by Gasteiger charge is 2.17. The number of nitrogens with one attached hydrogen (secondary N) is 1. The van der Waals surface area contributed by atoms with E-state index in [1.54, 1.807) is 0 Å². The third-order valence-electron chi connectivity index (χ3n) is 2.70. The normalized spacial score (nSPS) is 11.4. The van der Waals surface area contributed by atoms with Gasteiger partial charge in [-0.15, -0.1) is 0 Å². The van der Waals surface area contributed by atoms with Gasteiger partial charge in [0.1, 0.15) is 0 Å². The Hall–Kier alpha value is -1.31. The summed E-state index contributed by atoms with van der Waals surface area (Å²) in [5.41, 5.74) is 3.35. The molecule has 0 bridgehead atoms. The van der Waals surface area contributed by atoms with Gasteiger partial charge in [0.2, 0.25) is 5.91 Å². The van der Waals surface area contributed by atoms with Crippen LogP contribution in [0.3, 0.4) is 0 Å². The molecule has 0 saturated heterocycles. The summed E-state index contributed by atoms with van der Waals surface area (Å²) in [4.78, 5) is 11.9. The van der Waals surface area contributed by atoms with Crippen LogP contribution >= 0.6 is 0 Å². The number of para-hydroxylation sites is 1. The van der Waals surface area contributed by atoms with Gasteiger partial charge >= 0.3 is 0 Å². The molecule has 0 radical (unpaired) electrons. The van der Waals surface area contributed by atoms with Gasteiger partial charge in [-0.25, -0.2) is 0 Å². The molecule has 2 heteroatoms. The van der Waals surface area contributed by atoms with Gasteiger partial charge < -0.3 is 5.32 Å². The van der Waals surface area contributed by atoms with Crippen LogP contribution < -0.4 is 5.32 Å². The number of carbonyl (C=O) groups excluding carboxylic acids is 1. The molecule has 0 unspecified atom stereocenters. The van der Waals surface area contributed by atoms with E-state index in [-0.39, 0.29) is 11.3 Å². The average molecular weight is 233 g/mol. The molecule has 1 N–H and O–H groups in total. The van der Waals surface area contributed by atoms with Crippen molar-refractivity contribution in [2.75, 3.05) is 5.32 Å². The maximum absolute atomic E-state index is 11.9. The quantitative estimate of drug-likeness (QED) is 0.842. The highest BCUT2D eigenvalue weighted by atomic mass is 16.1. The summed E-state index contributed by atoms with van der Waals surface area (Å²) in [5, 5.41) is 3.05. The summed E-state index contributed by atoms with van der Waals surface area (Å²) < 4.78 is 0. The summed E-state index contributed by atoms with van der Waals surface area (Å²) >= 11 is 0. The van der Waals surface area contributed by atoms with Crippen molar-refractivity contribution in [3.05, 3.63) is 29.3 Å². The lowest BCUT2D eigenvalue weighted by atomic mass is 9.92. The number of benzene rings is 1. The first kappa shape index (κ1) is 13.8. The second-order valence-corrected chi connectivity index (χ2v) is 5.75. The molecule has 1 rings (SSSR count). The minimum absolute atomic E-state index is 0.0269. The van der Waals surface area contributed by atoms with E-state index in [0.29, 0.717) is 6.42 Å². The van der Waals surface area contributed by atoms with Gasteiger partial charge in [0.15, 0.2) is 0 Å². The van der Waals surface area contributed by atoms with Crippen LogP contribution in [0.5, 0.6) is 0 Å². The lowest BCUT2D eigenvalue weighted by molar-refractivity contribution is -0.117. The maximum atomic E-state index is 11.9. The minimum atomic E-state index is 0.0269. The average Bonchev–Trinajstić information content (AvgIpc) is 2.18. The van der Waals surface area contributed by atoms with Crippen LogP contribution in [0.1, 0.15) is 45.2 Å². The van der Waals surface area contributed by atoms with Gasteiger partial charge in [-0.3, -0.25) is 4.79 Å². The third kappa shape index (κ3) is 4.22. The Kier molecular flexibility index (Phi) is 4.33. The molecule has 1 aromatic carbocycles. The van der Waals surface area contributed by atoms with Crippen molar-refractivity contribution in [3.8, 4) is 0 Å². The van der Waals surface area contributed by atoms with Gasteiger partial charge in [-0.2, -0.15) is 0 Å². The second kappa shape index (κ2) is 5.35. The Labute approximate surface area is 104 Å². The second-order valence-electron chi connectivity index (χ2n) is 5.75. The molecule has 1 amide bonds. The predicted octanol–water partition coefficient (Wildman–Crippen LogP) is 3.93. The molecular weight excluding hydrogens is 210 g/mol. The highest BCUT2D eigenvalue weighted by molar-refractivity contribution is 5.92. The molecule has 0 heterocycles. The van der Waals surface area contributed by atoms with Crippen molar-refractivity contribution in [2.45, 2.75) is 47.5 Å². The lowest BCUT2D eigenvalue weighted by Crippen LogP contribution is -2.20. The molecule has 0 aliphatic heterocycles. The van der Waals surface area contributed by atoms with E-state index in [1.165, 1.54) is 5.56 Å². The monoisotopic (exact) mass is 233 g/mol. The summed E-state index contributed by atoms with van der Waals surface area (Å²) in [6.45, 7) is 10.4. The topological polar surface area (TPSA) is 29.1 Å². The number of aryl methyl sites for hydroxylation is 2. The number of amides is 1. The van der Waals surface area contributed by atoms with Gasteiger partial charge in [-0.05, 0) is 29.9 Å². The van der Waals surface area contributed by atoms with E-state index >= 15 is 0 Å². The Morgan fingerprint density at radius 3 is 2.47 bits per heavy atom. The first-order chi connectivity index (χ1) is 7.83. The lowest BCUT2D eigenvalue weighted by Gasteiger charge is -2.19. The van der Waals surface area contributed by atoms with Crippen LogP contribution in [-0.4, -0.2) is 5.91 Å². The molecular formula is C15H23NO. The molecule has 0 aliphatic carbocycles. The van der Waals surface area contributed by atoms with Crippen LogP contribution in [-0.2, 0) is 11.2 Å². The third-order valence-corrected chi connectivity index (χ3v) is 2.70. The summed E-state index contributed by atoms with van der Waals surface area (Å²) in [5.74, 6) is 0.0986. The molecule has 0 atom stereocenters. The van der Waals surface area contributed by atoms with E-state index in [0.717, 1.165) is 17.7 Å². The van der Waals surface area contributed by atoms with Crippen molar-refractivity contribution < 1.29 is 4.79 Å². The molecule has 0 aliphatic rings. The van der Waals surface area contributed by atoms with Crippen LogP contribution in [0.2, 0.25) is 0 Å². The summed E-state index contributed by atoms with van der Waals surface area (Å²) in [6, 6.07) is 6.14. The smallest absolute Gasteiger partial charge is 0.224 e. The Balaban J connectivity index is 2.84. The zero-order chi connectivity index (χ0) is 13.1. The summed E-state index contributed by atoms with van der Waals surface area (Å²) in [6.07, 6.45) is 1.48. The largest absolute Gasteiger partial charge is 0.326 e. The molecule has 94 valence electrons. The van der Waals surface area contributed by atoms with Crippen molar-refractivity contribution in [1.29, 1.82) is 0 Å². The number of rotatable bonds is 3. The first-order valence-electron chi connectivity index (χ1n) is 6.22. The standard InChI is InChI=1S/C15H23NO/c1-6-12-9-7-8-11(2)14(12)16-13(17)10-15(3,4)5/h7-9H,6,10H2,1-5H3,(H,16,17). The molecule has 0 saturated carbocycles. The SMILES string of the molecule is CCc1cccc(C)c1NC(=O)CC(C)(C)C. The molecule has 0 fully saturated rings. The number of hydrogen-bond donors (Lipinski definition) is 1. The fourth-order valence-electron chi connectivity index (χ4n) is 1.87. The van der Waals surface area contributed by atoms with E-state index < -0.39 is 0 Å². The molecule has 0 aromatic heterocycles. The number of hydrogen-bond acceptors (Lipinski definition) is 1. The highest BCUT2D eigenvalue weighted by Crippen LogP contribution is 2.24. The van der Waals surface area contributed by atoms with E-state index in [2.05, 4.69) is 39.1 Å². The zero-order valence-electron chi connectivity index (χ0n) is 11.6. The van der Waals surface area contributed by atoms with Gasteiger partial charge in [0.05, 0.1) is 0 Å². The van der Waals surface area contributed by atoms with Crippen molar-refractivity contribution in [3.63, 3.8) is 0 Å². The Morgan fingerprint density at radius 1 is 1.29 bits per heavy atom. The Morgan fingerprint density at radius 2 is 1.94 bits per heavy atom. The predicted molar refractivity (Wildman–Crippen MR) is 73.3 cm³/mol. The van der Waals surface area contributed by atoms with Crippen LogP contribution in [0.15, 0.2) is 18.2 Å². The fourth-order valence-corrected chi connectivity index (χ4v) is 1.87. The van der Waals surface area contributed by atoms with Gasteiger partial charge in [0.25, 0.3) is 0 Å². The number of anilines is 1. The molecule has 1 aromatic rings. The fraction of sp³-hybridized carbons (Fsp3) is 0.533. The van der Waals surface area contributed by atoms with Gasteiger partial charge in [-0.1, -0.05) is 45.9 Å². The van der Waals surface area contributed by atoms with E-state index in [9.17, 15) is 4.79 Å². The maximum Gasteiger partial charge on any atom is 0.224 e. The molecule has 0 spiro atoms. The van der Waals surface area contributed by atoms with E-state index in [1.807, 2.05) is 19.1 Å². The van der Waals surface area contributed by atoms with Gasteiger partial charge in [0, 0.05) is 12.1 Å². The molecule has 2 nitrogen and oxygen atoms in total. The van der Waals surface area contributed by atoms with Crippen LogP contribution in [0, 0.1) is 12.3 Å². The first-order valence-corrected chi connectivity index (χ1v) is 6.22. The van der Waals surface area contributed by atoms with Crippen molar-refractivity contribution >= 4 is 11.6 Å². The van der Waals surface area contributed by atoms with Crippen molar-refractivity contribution in [1.82, 2.24) is 0 Å². The van der Waals surface area contributed by atoms with Crippen LogP contribution in [0.4, 0.5) is 5.69 Å². The number of carbonyl (C=O) groups is 1. The zero-order valence-corrected chi connectivity index (χ0v) is 11.6. The Bertz CT molecular complexity index is 402. The van der Waals surface area contributed by atoms with E-state index in [4.69, 9.17) is 0 Å². The summed E-state index contributed by atoms with van der Waals surface area (Å²) in [7, 11) is 0.